The molecule has 6 heteroatoms. The van der Waals surface area contributed by atoms with E-state index in [4.69, 9.17) is 11.6 Å². The second-order valence-electron chi connectivity index (χ2n) is 6.59. The van der Waals surface area contributed by atoms with Gasteiger partial charge in [-0.15, -0.1) is 0 Å². The third kappa shape index (κ3) is 4.15. The van der Waals surface area contributed by atoms with Crippen molar-refractivity contribution in [1.29, 1.82) is 5.26 Å². The van der Waals surface area contributed by atoms with Crippen LogP contribution in [0.1, 0.15) is 31.2 Å². The first kappa shape index (κ1) is 17.8. The van der Waals surface area contributed by atoms with E-state index in [2.05, 4.69) is 6.07 Å². The summed E-state index contributed by atoms with van der Waals surface area (Å²) >= 11 is 5.92. The average Bonchev–Trinajstić information content (AvgIpc) is 2.64. The van der Waals surface area contributed by atoms with Crippen molar-refractivity contribution in [2.75, 3.05) is 26.2 Å². The highest BCUT2D eigenvalue weighted by Gasteiger charge is 2.28. The fourth-order valence-electron chi connectivity index (χ4n) is 3.44. The first-order valence-corrected chi connectivity index (χ1v) is 9.06. The van der Waals surface area contributed by atoms with Crippen LogP contribution in [0.15, 0.2) is 29.8 Å². The molecule has 2 saturated heterocycles. The maximum Gasteiger partial charge on any atom is 0.320 e. The first-order chi connectivity index (χ1) is 12.1. The molecule has 1 aromatic rings. The molecule has 0 atom stereocenters. The van der Waals surface area contributed by atoms with Crippen molar-refractivity contribution in [3.8, 4) is 6.07 Å². The van der Waals surface area contributed by atoms with E-state index in [1.807, 2.05) is 21.9 Å². The van der Waals surface area contributed by atoms with Gasteiger partial charge in [0.2, 0.25) is 0 Å². The minimum Gasteiger partial charge on any atom is -0.393 e. The number of amides is 2. The van der Waals surface area contributed by atoms with Gasteiger partial charge < -0.3 is 14.9 Å². The van der Waals surface area contributed by atoms with Crippen LogP contribution in [-0.2, 0) is 0 Å². The van der Waals surface area contributed by atoms with E-state index in [1.54, 1.807) is 12.1 Å². The molecular formula is C19H22ClN3O2. The lowest BCUT2D eigenvalue weighted by atomic mass is 9.94. The summed E-state index contributed by atoms with van der Waals surface area (Å²) in [4.78, 5) is 16.3. The Morgan fingerprint density at radius 2 is 1.64 bits per heavy atom. The van der Waals surface area contributed by atoms with Gasteiger partial charge in [0.25, 0.3) is 0 Å². The Morgan fingerprint density at radius 3 is 2.20 bits per heavy atom. The number of nitriles is 1. The third-order valence-corrected chi connectivity index (χ3v) is 5.22. The van der Waals surface area contributed by atoms with Crippen molar-refractivity contribution in [3.05, 3.63) is 40.4 Å². The van der Waals surface area contributed by atoms with Crippen LogP contribution < -0.4 is 0 Å². The molecule has 0 saturated carbocycles. The number of aliphatic hydroxyl groups is 1. The van der Waals surface area contributed by atoms with E-state index in [0.717, 1.165) is 11.1 Å². The van der Waals surface area contributed by atoms with Crippen LogP contribution in [0.4, 0.5) is 4.79 Å². The molecule has 2 aliphatic heterocycles. The van der Waals surface area contributed by atoms with Crippen LogP contribution in [0.3, 0.4) is 0 Å². The molecular weight excluding hydrogens is 338 g/mol. The number of urea groups is 1. The highest BCUT2D eigenvalue weighted by molar-refractivity contribution is 6.30. The summed E-state index contributed by atoms with van der Waals surface area (Å²) < 4.78 is 0. The van der Waals surface area contributed by atoms with Crippen molar-refractivity contribution >= 4 is 23.2 Å². The summed E-state index contributed by atoms with van der Waals surface area (Å²) in [7, 11) is 0. The number of carbonyl (C=O) groups excluding carboxylic acids is 1. The minimum atomic E-state index is -0.280. The zero-order valence-electron chi connectivity index (χ0n) is 14.1. The van der Waals surface area contributed by atoms with Crippen LogP contribution in [0, 0.1) is 11.3 Å². The van der Waals surface area contributed by atoms with Crippen LogP contribution in [0.25, 0.3) is 5.57 Å². The number of nitrogens with zero attached hydrogens (tertiary/aromatic N) is 3. The Bertz CT molecular complexity index is 690. The molecule has 0 unspecified atom stereocenters. The molecule has 0 aromatic heterocycles. The fourth-order valence-corrected chi connectivity index (χ4v) is 3.57. The van der Waals surface area contributed by atoms with Crippen molar-refractivity contribution in [1.82, 2.24) is 9.80 Å². The zero-order chi connectivity index (χ0) is 17.8. The van der Waals surface area contributed by atoms with E-state index in [0.29, 0.717) is 62.5 Å². The molecule has 0 bridgehead atoms. The first-order valence-electron chi connectivity index (χ1n) is 8.68. The fraction of sp³-hybridized carbons (Fsp3) is 0.474. The molecule has 3 rings (SSSR count). The number of hydrogen-bond acceptors (Lipinski definition) is 3. The summed E-state index contributed by atoms with van der Waals surface area (Å²) in [6.45, 7) is 2.50. The highest BCUT2D eigenvalue weighted by Crippen LogP contribution is 2.28. The number of benzene rings is 1. The number of halogens is 1. The lowest BCUT2D eigenvalue weighted by Gasteiger charge is -2.36. The lowest BCUT2D eigenvalue weighted by Crippen LogP contribution is -2.49. The van der Waals surface area contributed by atoms with Gasteiger partial charge >= 0.3 is 6.03 Å². The van der Waals surface area contributed by atoms with E-state index in [1.165, 1.54) is 0 Å². The van der Waals surface area contributed by atoms with Gasteiger partial charge in [-0.25, -0.2) is 4.79 Å². The third-order valence-electron chi connectivity index (χ3n) is 4.97. The highest BCUT2D eigenvalue weighted by atomic mass is 35.5. The number of allylic oxidation sites excluding steroid dienone is 1. The van der Waals surface area contributed by atoms with Crippen molar-refractivity contribution in [2.45, 2.75) is 31.8 Å². The topological polar surface area (TPSA) is 67.6 Å². The van der Waals surface area contributed by atoms with E-state index < -0.39 is 0 Å². The molecule has 2 heterocycles. The van der Waals surface area contributed by atoms with Crippen LogP contribution >= 0.6 is 11.6 Å². The minimum absolute atomic E-state index is 0.0518. The summed E-state index contributed by atoms with van der Waals surface area (Å²) in [6.07, 6.45) is 2.46. The smallest absolute Gasteiger partial charge is 0.320 e. The molecule has 1 N–H and O–H groups in total. The monoisotopic (exact) mass is 359 g/mol. The molecule has 0 radical (unpaired) electrons. The SMILES string of the molecule is N#CC(=C1CCN(C(=O)N2CCC(O)CC2)CC1)c1ccc(Cl)cc1. The van der Waals surface area contributed by atoms with Gasteiger partial charge in [0.15, 0.2) is 0 Å². The molecule has 25 heavy (non-hydrogen) atoms. The van der Waals surface area contributed by atoms with E-state index in [-0.39, 0.29) is 12.1 Å². The maximum atomic E-state index is 12.6. The number of likely N-dealkylation sites (tertiary alicyclic amines) is 2. The predicted molar refractivity (Wildman–Crippen MR) is 97.0 cm³/mol. The Balaban J connectivity index is 1.65. The van der Waals surface area contributed by atoms with E-state index in [9.17, 15) is 15.2 Å². The summed E-state index contributed by atoms with van der Waals surface area (Å²) in [5.74, 6) is 0. The summed E-state index contributed by atoms with van der Waals surface area (Å²) in [6, 6.07) is 9.68. The Kier molecular flexibility index (Phi) is 5.62. The Labute approximate surface area is 153 Å². The van der Waals surface area contributed by atoms with Crippen molar-refractivity contribution in [3.63, 3.8) is 0 Å². The Morgan fingerprint density at radius 1 is 1.08 bits per heavy atom. The largest absolute Gasteiger partial charge is 0.393 e. The number of aliphatic hydroxyl groups excluding tert-OH is 1. The van der Waals surface area contributed by atoms with Crippen LogP contribution in [0.2, 0.25) is 5.02 Å². The summed E-state index contributed by atoms with van der Waals surface area (Å²) in [5.41, 5.74) is 2.68. The van der Waals surface area contributed by atoms with Gasteiger partial charge in [-0.2, -0.15) is 5.26 Å². The van der Waals surface area contributed by atoms with Gasteiger partial charge in [0, 0.05) is 31.2 Å². The van der Waals surface area contributed by atoms with E-state index >= 15 is 0 Å². The predicted octanol–water partition coefficient (Wildman–Crippen LogP) is 3.29. The standard InChI is InChI=1S/C19H22ClN3O2/c20-16-3-1-14(2-4-16)18(13-21)15-5-9-22(10-6-15)19(25)23-11-7-17(24)8-12-23/h1-4,17,24H,5-12H2. The van der Waals surface area contributed by atoms with Gasteiger partial charge in [0.1, 0.15) is 0 Å². The van der Waals surface area contributed by atoms with Gasteiger partial charge in [0.05, 0.1) is 17.7 Å². The molecule has 2 amide bonds. The second kappa shape index (κ2) is 7.90. The quantitative estimate of drug-likeness (QED) is 0.782. The number of hydrogen-bond donors (Lipinski definition) is 1. The average molecular weight is 360 g/mol. The van der Waals surface area contributed by atoms with Crippen LogP contribution in [0.5, 0.6) is 0 Å². The molecule has 0 spiro atoms. The Hall–Kier alpha value is -2.03. The molecule has 132 valence electrons. The zero-order valence-corrected chi connectivity index (χ0v) is 14.9. The molecule has 5 nitrogen and oxygen atoms in total. The molecule has 0 aliphatic carbocycles. The number of carbonyl (C=O) groups is 1. The number of piperidine rings is 2. The number of rotatable bonds is 1. The van der Waals surface area contributed by atoms with Crippen LogP contribution in [-0.4, -0.2) is 53.2 Å². The maximum absolute atomic E-state index is 12.6. The van der Waals surface area contributed by atoms with Gasteiger partial charge in [-0.05, 0) is 49.0 Å². The van der Waals surface area contributed by atoms with Crippen molar-refractivity contribution in [2.24, 2.45) is 0 Å². The normalized spacial score (nSPS) is 18.8. The van der Waals surface area contributed by atoms with Gasteiger partial charge in [-0.3, -0.25) is 0 Å². The van der Waals surface area contributed by atoms with Gasteiger partial charge in [-0.1, -0.05) is 23.7 Å². The van der Waals surface area contributed by atoms with Crippen molar-refractivity contribution < 1.29 is 9.90 Å². The molecule has 2 fully saturated rings. The molecule has 1 aromatic carbocycles. The lowest BCUT2D eigenvalue weighted by molar-refractivity contribution is 0.0803. The second-order valence-corrected chi connectivity index (χ2v) is 7.02. The summed E-state index contributed by atoms with van der Waals surface area (Å²) in [5, 5.41) is 19.8. The molecule has 2 aliphatic rings.